The molecule has 1 aromatic heterocycles. The number of aliphatic hydroxyl groups is 1. The first-order chi connectivity index (χ1) is 7.65. The quantitative estimate of drug-likeness (QED) is 0.842. The highest BCUT2D eigenvalue weighted by atomic mass is 79.9. The Balaban J connectivity index is 2.82. The van der Waals surface area contributed by atoms with Crippen LogP contribution in [-0.4, -0.2) is 23.2 Å². The molecule has 1 atom stereocenters. The van der Waals surface area contributed by atoms with Gasteiger partial charge in [-0.05, 0) is 40.4 Å². The molecule has 0 saturated heterocycles. The van der Waals surface area contributed by atoms with Crippen LogP contribution in [0.25, 0.3) is 0 Å². The zero-order chi connectivity index (χ0) is 12.0. The number of hydrogen-bond acceptors (Lipinski definition) is 3. The van der Waals surface area contributed by atoms with E-state index in [1.165, 1.54) is 0 Å². The molecule has 0 amide bonds. The fraction of sp³-hybridized carbons (Fsp3) is 0.583. The second kappa shape index (κ2) is 6.33. The van der Waals surface area contributed by atoms with Crippen molar-refractivity contribution in [2.45, 2.75) is 26.2 Å². The molecule has 90 valence electrons. The van der Waals surface area contributed by atoms with Crippen LogP contribution in [0.1, 0.15) is 25.3 Å². The van der Waals surface area contributed by atoms with Crippen LogP contribution >= 0.6 is 15.9 Å². The molecule has 3 N–H and O–H groups in total. The van der Waals surface area contributed by atoms with Crippen molar-refractivity contribution in [3.63, 3.8) is 0 Å². The molecule has 1 aromatic rings. The Morgan fingerprint density at radius 2 is 2.25 bits per heavy atom. The van der Waals surface area contributed by atoms with E-state index in [-0.39, 0.29) is 12.0 Å². The third kappa shape index (κ3) is 3.54. The standard InChI is InChI=1S/C12H19BrN2O/c1-2-3-12(8-14,9-16)5-10-4-11(13)7-15-6-10/h4,6-7,16H,2-3,5,8-9,14H2,1H3. The second-order valence-electron chi connectivity index (χ2n) is 4.30. The van der Waals surface area contributed by atoms with Gasteiger partial charge in [-0.3, -0.25) is 4.98 Å². The Bertz CT molecular complexity index is 327. The van der Waals surface area contributed by atoms with E-state index in [9.17, 15) is 5.11 Å². The summed E-state index contributed by atoms with van der Waals surface area (Å²) in [5.74, 6) is 0. The zero-order valence-corrected chi connectivity index (χ0v) is 11.2. The Kier molecular flexibility index (Phi) is 5.38. The van der Waals surface area contributed by atoms with E-state index in [0.29, 0.717) is 6.54 Å². The van der Waals surface area contributed by atoms with Crippen molar-refractivity contribution in [1.29, 1.82) is 0 Å². The van der Waals surface area contributed by atoms with Crippen LogP contribution in [0, 0.1) is 5.41 Å². The lowest BCUT2D eigenvalue weighted by molar-refractivity contribution is 0.121. The third-order valence-corrected chi connectivity index (χ3v) is 3.32. The van der Waals surface area contributed by atoms with E-state index in [4.69, 9.17) is 5.73 Å². The van der Waals surface area contributed by atoms with Crippen molar-refractivity contribution in [3.05, 3.63) is 28.5 Å². The molecule has 3 nitrogen and oxygen atoms in total. The highest BCUT2D eigenvalue weighted by Crippen LogP contribution is 2.27. The summed E-state index contributed by atoms with van der Waals surface area (Å²) in [6, 6.07) is 2.03. The summed E-state index contributed by atoms with van der Waals surface area (Å²) in [4.78, 5) is 4.13. The topological polar surface area (TPSA) is 59.1 Å². The molecule has 0 radical (unpaired) electrons. The number of pyridine rings is 1. The fourth-order valence-electron chi connectivity index (χ4n) is 1.98. The molecular formula is C12H19BrN2O. The average Bonchev–Trinajstić information content (AvgIpc) is 2.28. The SMILES string of the molecule is CCCC(CN)(CO)Cc1cncc(Br)c1. The number of hydrogen-bond donors (Lipinski definition) is 2. The summed E-state index contributed by atoms with van der Waals surface area (Å²) in [6.45, 7) is 2.74. The van der Waals surface area contributed by atoms with E-state index in [1.54, 1.807) is 6.20 Å². The van der Waals surface area contributed by atoms with Crippen molar-refractivity contribution < 1.29 is 5.11 Å². The molecule has 0 aliphatic carbocycles. The van der Waals surface area contributed by atoms with Gasteiger partial charge in [-0.2, -0.15) is 0 Å². The molecule has 0 fully saturated rings. The van der Waals surface area contributed by atoms with Gasteiger partial charge in [0.15, 0.2) is 0 Å². The molecule has 0 aromatic carbocycles. The van der Waals surface area contributed by atoms with Gasteiger partial charge in [0.25, 0.3) is 0 Å². The molecule has 1 unspecified atom stereocenters. The van der Waals surface area contributed by atoms with Crippen molar-refractivity contribution >= 4 is 15.9 Å². The van der Waals surface area contributed by atoms with Gasteiger partial charge in [0, 0.05) is 28.8 Å². The molecule has 16 heavy (non-hydrogen) atoms. The van der Waals surface area contributed by atoms with Gasteiger partial charge in [0.05, 0.1) is 6.61 Å². The maximum absolute atomic E-state index is 9.53. The second-order valence-corrected chi connectivity index (χ2v) is 5.22. The van der Waals surface area contributed by atoms with Gasteiger partial charge in [0.1, 0.15) is 0 Å². The maximum atomic E-state index is 9.53. The Morgan fingerprint density at radius 3 is 2.75 bits per heavy atom. The van der Waals surface area contributed by atoms with Crippen LogP contribution in [0.4, 0.5) is 0 Å². The largest absolute Gasteiger partial charge is 0.396 e. The highest BCUT2D eigenvalue weighted by Gasteiger charge is 2.27. The fourth-order valence-corrected chi connectivity index (χ4v) is 2.39. The number of aromatic nitrogens is 1. The van der Waals surface area contributed by atoms with Crippen LogP contribution in [0.2, 0.25) is 0 Å². The lowest BCUT2D eigenvalue weighted by Gasteiger charge is -2.30. The van der Waals surface area contributed by atoms with Gasteiger partial charge in [-0.15, -0.1) is 0 Å². The van der Waals surface area contributed by atoms with Gasteiger partial charge < -0.3 is 10.8 Å². The smallest absolute Gasteiger partial charge is 0.0502 e. The number of nitrogens with zero attached hydrogens (tertiary/aromatic N) is 1. The number of rotatable bonds is 6. The molecule has 0 spiro atoms. The first kappa shape index (κ1) is 13.6. The normalized spacial score (nSPS) is 14.8. The molecule has 0 aliphatic rings. The minimum Gasteiger partial charge on any atom is -0.396 e. The van der Waals surface area contributed by atoms with Crippen LogP contribution in [-0.2, 0) is 6.42 Å². The summed E-state index contributed by atoms with van der Waals surface area (Å²) in [5, 5.41) is 9.53. The lowest BCUT2D eigenvalue weighted by Crippen LogP contribution is -2.36. The van der Waals surface area contributed by atoms with Crippen molar-refractivity contribution in [1.82, 2.24) is 4.98 Å². The summed E-state index contributed by atoms with van der Waals surface area (Å²) in [6.07, 6.45) is 6.33. The monoisotopic (exact) mass is 286 g/mol. The minimum atomic E-state index is -0.197. The molecule has 0 aliphatic heterocycles. The predicted octanol–water partition coefficient (Wildman–Crippen LogP) is 2.12. The van der Waals surface area contributed by atoms with Crippen molar-refractivity contribution in [2.75, 3.05) is 13.2 Å². The van der Waals surface area contributed by atoms with Crippen molar-refractivity contribution in [2.24, 2.45) is 11.1 Å². The summed E-state index contributed by atoms with van der Waals surface area (Å²) in [5.41, 5.74) is 6.71. The third-order valence-electron chi connectivity index (χ3n) is 2.89. The van der Waals surface area contributed by atoms with Crippen LogP contribution < -0.4 is 5.73 Å². The van der Waals surface area contributed by atoms with E-state index in [1.807, 2.05) is 12.3 Å². The molecule has 0 saturated carbocycles. The van der Waals surface area contributed by atoms with Gasteiger partial charge >= 0.3 is 0 Å². The summed E-state index contributed by atoms with van der Waals surface area (Å²) in [7, 11) is 0. The lowest BCUT2D eigenvalue weighted by atomic mass is 9.79. The Morgan fingerprint density at radius 1 is 1.50 bits per heavy atom. The Labute approximate surface area is 105 Å². The Hall–Kier alpha value is -0.450. The van der Waals surface area contributed by atoms with Crippen LogP contribution in [0.3, 0.4) is 0 Å². The van der Waals surface area contributed by atoms with Gasteiger partial charge in [-0.1, -0.05) is 13.3 Å². The molecule has 4 heteroatoms. The zero-order valence-electron chi connectivity index (χ0n) is 9.62. The molecule has 1 heterocycles. The average molecular weight is 287 g/mol. The van der Waals surface area contributed by atoms with Gasteiger partial charge in [-0.25, -0.2) is 0 Å². The van der Waals surface area contributed by atoms with E-state index >= 15 is 0 Å². The van der Waals surface area contributed by atoms with Gasteiger partial charge in [0.2, 0.25) is 0 Å². The van der Waals surface area contributed by atoms with E-state index in [0.717, 1.165) is 29.3 Å². The van der Waals surface area contributed by atoms with Crippen LogP contribution in [0.15, 0.2) is 22.9 Å². The van der Waals surface area contributed by atoms with Crippen LogP contribution in [0.5, 0.6) is 0 Å². The number of halogens is 1. The molecular weight excluding hydrogens is 268 g/mol. The summed E-state index contributed by atoms with van der Waals surface area (Å²) < 4.78 is 0.963. The van der Waals surface area contributed by atoms with Crippen molar-refractivity contribution in [3.8, 4) is 0 Å². The predicted molar refractivity (Wildman–Crippen MR) is 69.1 cm³/mol. The first-order valence-electron chi connectivity index (χ1n) is 5.56. The molecule has 1 rings (SSSR count). The number of aliphatic hydroxyl groups excluding tert-OH is 1. The minimum absolute atomic E-state index is 0.129. The number of nitrogens with two attached hydrogens (primary N) is 1. The maximum Gasteiger partial charge on any atom is 0.0502 e. The molecule has 0 bridgehead atoms. The first-order valence-corrected chi connectivity index (χ1v) is 6.35. The summed E-state index contributed by atoms with van der Waals surface area (Å²) >= 11 is 3.40. The van der Waals surface area contributed by atoms with E-state index < -0.39 is 0 Å². The highest BCUT2D eigenvalue weighted by molar-refractivity contribution is 9.10. The van der Waals surface area contributed by atoms with E-state index in [2.05, 4.69) is 27.8 Å².